The zero-order valence-electron chi connectivity index (χ0n) is 15.3. The predicted octanol–water partition coefficient (Wildman–Crippen LogP) is 4.15. The molecule has 0 unspecified atom stereocenters. The fraction of sp³-hybridized carbons (Fsp3) is 0.625. The van der Waals surface area contributed by atoms with Crippen LogP contribution in [0.15, 0.2) is 6.07 Å². The Bertz CT molecular complexity index is 593. The minimum atomic E-state index is -1.83. The molecule has 1 heterocycles. The summed E-state index contributed by atoms with van der Waals surface area (Å²) >= 11 is 1.29. The molecular formula is C16H28N2O4SSi. The van der Waals surface area contributed by atoms with Crippen LogP contribution in [0.5, 0.6) is 0 Å². The Morgan fingerprint density at radius 1 is 1.33 bits per heavy atom. The highest BCUT2D eigenvalue weighted by molar-refractivity contribution is 7.16. The molecule has 1 aromatic rings. The van der Waals surface area contributed by atoms with Crippen molar-refractivity contribution in [2.45, 2.75) is 52.2 Å². The number of hydrogen-bond donors (Lipinski definition) is 3. The Hall–Kier alpha value is -1.38. The molecule has 24 heavy (non-hydrogen) atoms. The van der Waals surface area contributed by atoms with Crippen molar-refractivity contribution in [2.75, 3.05) is 18.5 Å². The van der Waals surface area contributed by atoms with Gasteiger partial charge in [0.15, 0.2) is 8.32 Å². The number of amides is 2. The van der Waals surface area contributed by atoms with Gasteiger partial charge in [-0.05, 0) is 30.6 Å². The van der Waals surface area contributed by atoms with Crippen LogP contribution in [0.1, 0.15) is 42.9 Å². The molecule has 6 nitrogen and oxygen atoms in total. The molecule has 0 aliphatic heterocycles. The topological polar surface area (TPSA) is 87.7 Å². The summed E-state index contributed by atoms with van der Waals surface area (Å²) in [5, 5.41) is 14.5. The van der Waals surface area contributed by atoms with E-state index in [2.05, 4.69) is 44.5 Å². The highest BCUT2D eigenvalue weighted by atomic mass is 32.1. The SMILES string of the molecule is CCc1cc(C(=O)NCCO[Si](C)(C)C(C)(C)C)c(NC(=O)O)s1. The summed E-state index contributed by atoms with van der Waals surface area (Å²) in [6, 6.07) is 1.74. The number of anilines is 1. The summed E-state index contributed by atoms with van der Waals surface area (Å²) in [6.45, 7) is 13.6. The Morgan fingerprint density at radius 2 is 1.96 bits per heavy atom. The van der Waals surface area contributed by atoms with Crippen LogP contribution in [0.2, 0.25) is 18.1 Å². The minimum absolute atomic E-state index is 0.124. The third-order valence-electron chi connectivity index (χ3n) is 4.25. The lowest BCUT2D eigenvalue weighted by atomic mass is 10.2. The monoisotopic (exact) mass is 372 g/mol. The van der Waals surface area contributed by atoms with Gasteiger partial charge in [-0.15, -0.1) is 11.3 Å². The second-order valence-electron chi connectivity index (χ2n) is 7.10. The van der Waals surface area contributed by atoms with E-state index in [1.54, 1.807) is 6.07 Å². The molecule has 8 heteroatoms. The van der Waals surface area contributed by atoms with Crippen LogP contribution >= 0.6 is 11.3 Å². The molecule has 136 valence electrons. The van der Waals surface area contributed by atoms with Gasteiger partial charge in [0.25, 0.3) is 5.91 Å². The maximum absolute atomic E-state index is 12.3. The molecule has 0 spiro atoms. The van der Waals surface area contributed by atoms with Crippen molar-refractivity contribution in [1.82, 2.24) is 5.32 Å². The zero-order chi connectivity index (χ0) is 18.5. The van der Waals surface area contributed by atoms with Crippen molar-refractivity contribution in [3.8, 4) is 0 Å². The van der Waals surface area contributed by atoms with Gasteiger partial charge in [-0.3, -0.25) is 10.1 Å². The van der Waals surface area contributed by atoms with Crippen molar-refractivity contribution >= 4 is 36.7 Å². The van der Waals surface area contributed by atoms with E-state index in [4.69, 9.17) is 9.53 Å². The van der Waals surface area contributed by atoms with E-state index in [1.807, 2.05) is 6.92 Å². The van der Waals surface area contributed by atoms with Gasteiger partial charge >= 0.3 is 6.09 Å². The van der Waals surface area contributed by atoms with Crippen LogP contribution in [-0.2, 0) is 10.8 Å². The zero-order valence-corrected chi connectivity index (χ0v) is 17.1. The summed E-state index contributed by atoms with van der Waals surface area (Å²) in [4.78, 5) is 24.1. The first-order valence-corrected chi connectivity index (χ1v) is 11.7. The first kappa shape index (κ1) is 20.7. The molecule has 1 aromatic heterocycles. The normalized spacial score (nSPS) is 12.1. The van der Waals surface area contributed by atoms with E-state index >= 15 is 0 Å². The van der Waals surface area contributed by atoms with Crippen molar-refractivity contribution < 1.29 is 19.1 Å². The van der Waals surface area contributed by atoms with Crippen LogP contribution in [0, 0.1) is 0 Å². The van der Waals surface area contributed by atoms with Crippen molar-refractivity contribution in [1.29, 1.82) is 0 Å². The summed E-state index contributed by atoms with van der Waals surface area (Å²) in [7, 11) is -1.83. The van der Waals surface area contributed by atoms with Crippen LogP contribution in [-0.4, -0.2) is 38.6 Å². The molecular weight excluding hydrogens is 344 g/mol. The fourth-order valence-electron chi connectivity index (χ4n) is 1.76. The second kappa shape index (κ2) is 8.13. The Kier molecular flexibility index (Phi) is 7.00. The summed E-state index contributed by atoms with van der Waals surface area (Å²) in [6.07, 6.45) is -0.421. The van der Waals surface area contributed by atoms with E-state index in [1.165, 1.54) is 11.3 Å². The highest BCUT2D eigenvalue weighted by Crippen LogP contribution is 2.36. The van der Waals surface area contributed by atoms with Crippen LogP contribution in [0.25, 0.3) is 0 Å². The highest BCUT2D eigenvalue weighted by Gasteiger charge is 2.36. The molecule has 0 aliphatic rings. The molecule has 0 radical (unpaired) electrons. The molecule has 0 aliphatic carbocycles. The Balaban J connectivity index is 2.63. The third kappa shape index (κ3) is 5.61. The number of thiophene rings is 1. The van der Waals surface area contributed by atoms with Gasteiger partial charge in [-0.2, -0.15) is 0 Å². The summed E-state index contributed by atoms with van der Waals surface area (Å²) < 4.78 is 6.02. The average Bonchev–Trinajstić information content (AvgIpc) is 2.84. The predicted molar refractivity (Wildman–Crippen MR) is 101 cm³/mol. The molecule has 0 bridgehead atoms. The number of hydrogen-bond acceptors (Lipinski definition) is 4. The van der Waals surface area contributed by atoms with E-state index < -0.39 is 14.4 Å². The Labute approximate surface area is 148 Å². The lowest BCUT2D eigenvalue weighted by Gasteiger charge is -2.36. The van der Waals surface area contributed by atoms with Gasteiger partial charge < -0.3 is 14.8 Å². The van der Waals surface area contributed by atoms with Gasteiger partial charge in [-0.25, -0.2) is 4.79 Å². The number of carboxylic acid groups (broad SMARTS) is 1. The number of carbonyl (C=O) groups excluding carboxylic acids is 1. The van der Waals surface area contributed by atoms with Gasteiger partial charge in [0, 0.05) is 11.4 Å². The first-order chi connectivity index (χ1) is 11.0. The van der Waals surface area contributed by atoms with Crippen molar-refractivity contribution in [2.24, 2.45) is 0 Å². The lowest BCUT2D eigenvalue weighted by Crippen LogP contribution is -2.42. The van der Waals surface area contributed by atoms with Gasteiger partial charge in [0.05, 0.1) is 12.2 Å². The van der Waals surface area contributed by atoms with Gasteiger partial charge in [-0.1, -0.05) is 27.7 Å². The van der Waals surface area contributed by atoms with Gasteiger partial charge in [0.2, 0.25) is 0 Å². The quantitative estimate of drug-likeness (QED) is 0.495. The Morgan fingerprint density at radius 3 is 2.46 bits per heavy atom. The van der Waals surface area contributed by atoms with E-state index in [9.17, 15) is 9.59 Å². The molecule has 1 rings (SSSR count). The molecule has 0 aromatic carbocycles. The molecule has 0 atom stereocenters. The average molecular weight is 373 g/mol. The molecule has 0 fully saturated rings. The summed E-state index contributed by atoms with van der Waals surface area (Å²) in [5.41, 5.74) is 0.367. The van der Waals surface area contributed by atoms with E-state index in [-0.39, 0.29) is 10.9 Å². The number of aryl methyl sites for hydroxylation is 1. The van der Waals surface area contributed by atoms with Gasteiger partial charge in [0.1, 0.15) is 5.00 Å². The van der Waals surface area contributed by atoms with Crippen molar-refractivity contribution in [3.05, 3.63) is 16.5 Å². The van der Waals surface area contributed by atoms with Crippen LogP contribution in [0.3, 0.4) is 0 Å². The molecule has 2 amide bonds. The maximum Gasteiger partial charge on any atom is 0.409 e. The molecule has 0 saturated heterocycles. The first-order valence-electron chi connectivity index (χ1n) is 8.02. The summed E-state index contributed by atoms with van der Waals surface area (Å²) in [5.74, 6) is -0.284. The van der Waals surface area contributed by atoms with Crippen molar-refractivity contribution in [3.63, 3.8) is 0 Å². The second-order valence-corrected chi connectivity index (χ2v) is 13.0. The third-order valence-corrected chi connectivity index (χ3v) is 9.99. The smallest absolute Gasteiger partial charge is 0.409 e. The van der Waals surface area contributed by atoms with Crippen LogP contribution < -0.4 is 10.6 Å². The van der Waals surface area contributed by atoms with Crippen LogP contribution in [0.4, 0.5) is 9.80 Å². The number of rotatable bonds is 7. The fourth-order valence-corrected chi connectivity index (χ4v) is 3.79. The minimum Gasteiger partial charge on any atom is -0.465 e. The van der Waals surface area contributed by atoms with E-state index in [0.29, 0.717) is 23.7 Å². The molecule has 3 N–H and O–H groups in total. The molecule has 0 saturated carbocycles. The standard InChI is InChI=1S/C16H28N2O4SSi/c1-7-11-10-12(14(23-11)18-15(20)21)13(19)17-8-9-22-24(5,6)16(2,3)4/h10,18H,7-9H2,1-6H3,(H,17,19)(H,20,21). The maximum atomic E-state index is 12.3. The number of nitrogens with one attached hydrogen (secondary N) is 2. The van der Waals surface area contributed by atoms with E-state index in [0.717, 1.165) is 11.3 Å². The largest absolute Gasteiger partial charge is 0.465 e. The lowest BCUT2D eigenvalue weighted by molar-refractivity contribution is 0.0947. The number of carbonyl (C=O) groups is 2.